The Labute approximate surface area is 100 Å². The summed E-state index contributed by atoms with van der Waals surface area (Å²) in [6.45, 7) is 0.589. The Hall–Kier alpha value is -1.43. The minimum Gasteiger partial charge on any atom is -0.480 e. The van der Waals surface area contributed by atoms with Crippen LogP contribution in [-0.4, -0.2) is 35.9 Å². The van der Waals surface area contributed by atoms with Crippen molar-refractivity contribution in [2.24, 2.45) is 0 Å². The molecule has 94 valence electrons. The molecule has 0 amide bonds. The fraction of sp³-hybridized carbons (Fsp3) is 0.417. The predicted molar refractivity (Wildman–Crippen MR) is 62.5 cm³/mol. The van der Waals surface area contributed by atoms with Crippen LogP contribution >= 0.6 is 0 Å². The molecule has 1 aromatic rings. The van der Waals surface area contributed by atoms with Crippen molar-refractivity contribution < 1.29 is 19.7 Å². The van der Waals surface area contributed by atoms with Crippen LogP contribution in [-0.2, 0) is 22.7 Å². The molecule has 17 heavy (non-hydrogen) atoms. The van der Waals surface area contributed by atoms with Crippen LogP contribution in [0.3, 0.4) is 0 Å². The molecular weight excluding hydrogens is 222 g/mol. The number of nitrogens with one attached hydrogen (secondary N) is 1. The lowest BCUT2D eigenvalue weighted by Gasteiger charge is -2.13. The van der Waals surface area contributed by atoms with Crippen LogP contribution in [0, 0.1) is 0 Å². The summed E-state index contributed by atoms with van der Waals surface area (Å²) in [7, 11) is 1.47. The van der Waals surface area contributed by atoms with Gasteiger partial charge in [0.15, 0.2) is 0 Å². The van der Waals surface area contributed by atoms with E-state index in [1.165, 1.54) is 7.11 Å². The third kappa shape index (κ3) is 4.52. The second-order valence-electron chi connectivity index (χ2n) is 3.70. The van der Waals surface area contributed by atoms with Crippen LogP contribution in [0.1, 0.15) is 11.1 Å². The zero-order valence-corrected chi connectivity index (χ0v) is 9.72. The van der Waals surface area contributed by atoms with E-state index in [4.69, 9.17) is 14.9 Å². The molecule has 0 spiro atoms. The quantitative estimate of drug-likeness (QED) is 0.640. The first kappa shape index (κ1) is 13.6. The number of benzene rings is 1. The molecule has 0 radical (unpaired) electrons. The summed E-state index contributed by atoms with van der Waals surface area (Å²) in [4.78, 5) is 10.8. The summed E-state index contributed by atoms with van der Waals surface area (Å²) >= 11 is 0. The van der Waals surface area contributed by atoms with E-state index in [-0.39, 0.29) is 13.2 Å². The Balaban J connectivity index is 2.50. The highest BCUT2D eigenvalue weighted by Crippen LogP contribution is 2.04. The maximum absolute atomic E-state index is 10.8. The van der Waals surface area contributed by atoms with Crippen LogP contribution in [0.25, 0.3) is 0 Å². The number of carbonyl (C=O) groups is 1. The van der Waals surface area contributed by atoms with Gasteiger partial charge in [0.25, 0.3) is 0 Å². The molecule has 3 N–H and O–H groups in total. The average molecular weight is 239 g/mol. The number of carboxylic acids is 1. The van der Waals surface area contributed by atoms with Crippen molar-refractivity contribution in [2.45, 2.75) is 19.2 Å². The van der Waals surface area contributed by atoms with E-state index in [0.29, 0.717) is 6.54 Å². The van der Waals surface area contributed by atoms with Crippen molar-refractivity contribution in [2.75, 3.05) is 13.7 Å². The molecule has 1 atom stereocenters. The summed E-state index contributed by atoms with van der Waals surface area (Å²) in [5, 5.41) is 20.7. The van der Waals surface area contributed by atoms with Crippen molar-refractivity contribution in [1.29, 1.82) is 0 Å². The van der Waals surface area contributed by atoms with E-state index in [1.807, 2.05) is 24.3 Å². The lowest BCUT2D eigenvalue weighted by Crippen LogP contribution is -2.39. The zero-order chi connectivity index (χ0) is 12.7. The number of rotatable bonds is 7. The Morgan fingerprint density at radius 1 is 1.35 bits per heavy atom. The van der Waals surface area contributed by atoms with Crippen molar-refractivity contribution in [1.82, 2.24) is 5.32 Å². The van der Waals surface area contributed by atoms with Gasteiger partial charge in [-0.3, -0.25) is 10.1 Å². The molecule has 0 aliphatic carbocycles. The van der Waals surface area contributed by atoms with Crippen LogP contribution < -0.4 is 5.32 Å². The molecule has 1 rings (SSSR count). The van der Waals surface area contributed by atoms with E-state index >= 15 is 0 Å². The molecule has 0 aliphatic rings. The second kappa shape index (κ2) is 7.01. The largest absolute Gasteiger partial charge is 0.480 e. The fourth-order valence-electron chi connectivity index (χ4n) is 1.39. The van der Waals surface area contributed by atoms with Crippen molar-refractivity contribution >= 4 is 5.97 Å². The third-order valence-corrected chi connectivity index (χ3v) is 2.39. The molecule has 0 aromatic heterocycles. The molecule has 0 heterocycles. The van der Waals surface area contributed by atoms with Crippen LogP contribution in [0.15, 0.2) is 24.3 Å². The van der Waals surface area contributed by atoms with Crippen molar-refractivity contribution in [3.8, 4) is 0 Å². The number of ether oxygens (including phenoxy) is 1. The van der Waals surface area contributed by atoms with Crippen LogP contribution in [0.2, 0.25) is 0 Å². The first-order valence-corrected chi connectivity index (χ1v) is 5.31. The maximum atomic E-state index is 10.8. The molecule has 0 aliphatic heterocycles. The summed E-state index contributed by atoms with van der Waals surface area (Å²) in [5.41, 5.74) is 1.80. The third-order valence-electron chi connectivity index (χ3n) is 2.39. The molecule has 5 heteroatoms. The Bertz CT molecular complexity index is 350. The van der Waals surface area contributed by atoms with Gasteiger partial charge < -0.3 is 14.9 Å². The number of carboxylic acid groups (broad SMARTS) is 1. The highest BCUT2D eigenvalue weighted by Gasteiger charge is 2.15. The topological polar surface area (TPSA) is 78.8 Å². The predicted octanol–water partition coefficient (Wildman–Crippen LogP) is 0.368. The second-order valence-corrected chi connectivity index (χ2v) is 3.70. The van der Waals surface area contributed by atoms with Gasteiger partial charge in [0.05, 0.1) is 13.2 Å². The highest BCUT2D eigenvalue weighted by atomic mass is 16.5. The summed E-state index contributed by atoms with van der Waals surface area (Å²) < 4.78 is 4.81. The lowest BCUT2D eigenvalue weighted by atomic mass is 10.1. The lowest BCUT2D eigenvalue weighted by molar-refractivity contribution is -0.140. The maximum Gasteiger partial charge on any atom is 0.323 e. The van der Waals surface area contributed by atoms with E-state index in [9.17, 15) is 4.79 Å². The van der Waals surface area contributed by atoms with E-state index in [0.717, 1.165) is 11.1 Å². The SMILES string of the molecule is COCC(NCc1ccc(CO)cc1)C(=O)O. The minimum atomic E-state index is -0.932. The summed E-state index contributed by atoms with van der Waals surface area (Å²) in [6.07, 6.45) is 0. The standard InChI is InChI=1S/C12H17NO4/c1-17-8-11(12(15)16)13-6-9-2-4-10(7-14)5-3-9/h2-5,11,13-14H,6-8H2,1H3,(H,15,16). The van der Waals surface area contributed by atoms with E-state index < -0.39 is 12.0 Å². The number of aliphatic carboxylic acids is 1. The molecule has 0 bridgehead atoms. The van der Waals surface area contributed by atoms with Crippen LogP contribution in [0.4, 0.5) is 0 Å². The van der Waals surface area contributed by atoms with Gasteiger partial charge in [-0.2, -0.15) is 0 Å². The van der Waals surface area contributed by atoms with Gasteiger partial charge in [0.1, 0.15) is 6.04 Å². The van der Waals surface area contributed by atoms with E-state index in [2.05, 4.69) is 5.32 Å². The van der Waals surface area contributed by atoms with Crippen molar-refractivity contribution in [3.63, 3.8) is 0 Å². The monoisotopic (exact) mass is 239 g/mol. The summed E-state index contributed by atoms with van der Waals surface area (Å²) in [6, 6.07) is 6.61. The van der Waals surface area contributed by atoms with Gasteiger partial charge in [-0.15, -0.1) is 0 Å². The molecule has 0 saturated carbocycles. The number of hydrogen-bond acceptors (Lipinski definition) is 4. The number of aliphatic hydroxyl groups excluding tert-OH is 1. The van der Waals surface area contributed by atoms with Gasteiger partial charge in [0, 0.05) is 13.7 Å². The zero-order valence-electron chi connectivity index (χ0n) is 9.72. The number of aliphatic hydroxyl groups is 1. The minimum absolute atomic E-state index is 0.00906. The fourth-order valence-corrected chi connectivity index (χ4v) is 1.39. The highest BCUT2D eigenvalue weighted by molar-refractivity contribution is 5.73. The van der Waals surface area contributed by atoms with Gasteiger partial charge in [-0.05, 0) is 11.1 Å². The normalized spacial score (nSPS) is 12.4. The number of methoxy groups -OCH3 is 1. The van der Waals surface area contributed by atoms with Gasteiger partial charge in [-0.1, -0.05) is 24.3 Å². The molecular formula is C12H17NO4. The smallest absolute Gasteiger partial charge is 0.323 e. The summed E-state index contributed by atoms with van der Waals surface area (Å²) in [5.74, 6) is -0.932. The first-order chi connectivity index (χ1) is 8.17. The Kier molecular flexibility index (Phi) is 5.62. The average Bonchev–Trinajstić information content (AvgIpc) is 2.34. The van der Waals surface area contributed by atoms with Crippen molar-refractivity contribution in [3.05, 3.63) is 35.4 Å². The Morgan fingerprint density at radius 2 is 1.94 bits per heavy atom. The molecule has 0 saturated heterocycles. The van der Waals surface area contributed by atoms with Crippen LogP contribution in [0.5, 0.6) is 0 Å². The van der Waals surface area contributed by atoms with E-state index in [1.54, 1.807) is 0 Å². The first-order valence-electron chi connectivity index (χ1n) is 5.31. The van der Waals surface area contributed by atoms with Gasteiger partial charge in [0.2, 0.25) is 0 Å². The Morgan fingerprint density at radius 3 is 2.41 bits per heavy atom. The molecule has 0 fully saturated rings. The molecule has 1 aromatic carbocycles. The molecule has 5 nitrogen and oxygen atoms in total. The van der Waals surface area contributed by atoms with Gasteiger partial charge >= 0.3 is 5.97 Å². The molecule has 1 unspecified atom stereocenters. The number of hydrogen-bond donors (Lipinski definition) is 3. The van der Waals surface area contributed by atoms with Gasteiger partial charge in [-0.25, -0.2) is 0 Å².